The molecule has 0 spiro atoms. The third kappa shape index (κ3) is 5.49. The van der Waals surface area contributed by atoms with E-state index in [-0.39, 0.29) is 78.1 Å². The molecular formula is C28H34ClFN4O6. The summed E-state index contributed by atoms with van der Waals surface area (Å²) >= 11 is 6.73. The number of aromatic nitrogens is 1. The second-order valence-corrected chi connectivity index (χ2v) is 11.8. The van der Waals surface area contributed by atoms with Crippen LogP contribution in [0.25, 0.3) is 11.3 Å². The van der Waals surface area contributed by atoms with Crippen molar-refractivity contribution in [2.24, 2.45) is 0 Å². The molecule has 1 N–H and O–H groups in total. The molecule has 2 aromatic rings. The van der Waals surface area contributed by atoms with Crippen LogP contribution in [0, 0.1) is 5.82 Å². The number of phenolic OH excluding ortho intramolecular Hbond substituents is 1. The van der Waals surface area contributed by atoms with E-state index in [1.54, 1.807) is 30.6 Å². The van der Waals surface area contributed by atoms with E-state index in [9.17, 15) is 19.1 Å². The number of fused-ring (bicyclic) bond motifs is 2. The van der Waals surface area contributed by atoms with Crippen molar-refractivity contribution in [1.29, 1.82) is 0 Å². The third-order valence-electron chi connectivity index (χ3n) is 7.40. The smallest absolute Gasteiger partial charge is 0.410 e. The first-order chi connectivity index (χ1) is 18.9. The van der Waals surface area contributed by atoms with Gasteiger partial charge in [-0.15, -0.1) is 0 Å². The Morgan fingerprint density at radius 3 is 2.70 bits per heavy atom. The van der Waals surface area contributed by atoms with Gasteiger partial charge in [-0.1, -0.05) is 17.7 Å². The Morgan fingerprint density at radius 1 is 1.25 bits per heavy atom. The van der Waals surface area contributed by atoms with Gasteiger partial charge in [0, 0.05) is 25.7 Å². The summed E-state index contributed by atoms with van der Waals surface area (Å²) in [6.45, 7) is 7.30. The minimum atomic E-state index is -0.735. The quantitative estimate of drug-likeness (QED) is 0.578. The van der Waals surface area contributed by atoms with Crippen LogP contribution in [0.4, 0.5) is 9.18 Å². The summed E-state index contributed by atoms with van der Waals surface area (Å²) in [4.78, 5) is 36.6. The number of amides is 2. The van der Waals surface area contributed by atoms with Crippen LogP contribution in [-0.2, 0) is 4.74 Å². The molecule has 1 aromatic heterocycles. The van der Waals surface area contributed by atoms with Crippen LogP contribution in [0.2, 0.25) is 5.02 Å². The van der Waals surface area contributed by atoms with Crippen molar-refractivity contribution in [1.82, 2.24) is 19.7 Å². The first-order valence-electron chi connectivity index (χ1n) is 13.4. The van der Waals surface area contributed by atoms with E-state index >= 15 is 0 Å². The van der Waals surface area contributed by atoms with Gasteiger partial charge in [0.1, 0.15) is 46.7 Å². The molecular weight excluding hydrogens is 543 g/mol. The number of carbonyl (C=O) groups is 2. The Bertz CT molecular complexity index is 1300. The maximum atomic E-state index is 14.9. The van der Waals surface area contributed by atoms with Crippen molar-refractivity contribution in [2.75, 3.05) is 46.4 Å². The fourth-order valence-electron chi connectivity index (χ4n) is 5.31. The van der Waals surface area contributed by atoms with Gasteiger partial charge in [0.05, 0.1) is 11.6 Å². The molecule has 0 bridgehead atoms. The van der Waals surface area contributed by atoms with Crippen molar-refractivity contribution in [3.05, 3.63) is 34.6 Å². The highest BCUT2D eigenvalue weighted by atomic mass is 35.5. The number of hydrogen-bond donors (Lipinski definition) is 1. The summed E-state index contributed by atoms with van der Waals surface area (Å²) < 4.78 is 32.7. The number of phenols is 1. The summed E-state index contributed by atoms with van der Waals surface area (Å²) in [6.07, 6.45) is 1.48. The average molecular weight is 577 g/mol. The van der Waals surface area contributed by atoms with Crippen molar-refractivity contribution < 1.29 is 33.3 Å². The Morgan fingerprint density at radius 2 is 2.02 bits per heavy atom. The number of ether oxygens (including phenoxy) is 3. The average Bonchev–Trinajstić information content (AvgIpc) is 3.23. The number of hydrogen-bond acceptors (Lipinski definition) is 8. The van der Waals surface area contributed by atoms with Crippen LogP contribution in [0.1, 0.15) is 44.0 Å². The zero-order chi connectivity index (χ0) is 28.8. The van der Waals surface area contributed by atoms with Crippen molar-refractivity contribution >= 4 is 23.6 Å². The number of carbonyl (C=O) groups excluding carboxylic acids is 2. The molecule has 0 aliphatic carbocycles. The highest BCUT2D eigenvalue weighted by molar-refractivity contribution is 6.35. The first-order valence-corrected chi connectivity index (χ1v) is 13.8. The van der Waals surface area contributed by atoms with Gasteiger partial charge in [-0.3, -0.25) is 4.79 Å². The molecule has 12 heteroatoms. The molecule has 3 aliphatic heterocycles. The number of rotatable bonds is 4. The summed E-state index contributed by atoms with van der Waals surface area (Å²) in [5.41, 5.74) is -0.923. The van der Waals surface area contributed by atoms with Gasteiger partial charge in [0.2, 0.25) is 5.88 Å². The zero-order valence-corrected chi connectivity index (χ0v) is 23.8. The molecule has 216 valence electrons. The lowest BCUT2D eigenvalue weighted by molar-refractivity contribution is 0.000896. The second kappa shape index (κ2) is 10.9. The van der Waals surface area contributed by atoms with Crippen molar-refractivity contribution in [2.45, 2.75) is 51.3 Å². The van der Waals surface area contributed by atoms with E-state index in [0.29, 0.717) is 0 Å². The molecule has 0 saturated carbocycles. The zero-order valence-electron chi connectivity index (χ0n) is 23.1. The molecule has 3 aliphatic rings. The standard InChI is InChI=1S/C28H34ClFN4O6/c1-28(2,3)40-27(37)33-11-12-34-17(13-33)15-38-24-21(26(34)36)25(39-14-16-7-6-10-32(16)4)31-23(22(24)29)20-18(30)8-5-9-19(20)35/h5,8-9,16-17,35H,6-7,10-15H2,1-4H3/t16-,17-/m1/s1. The van der Waals surface area contributed by atoms with E-state index in [1.165, 1.54) is 18.2 Å². The number of likely N-dealkylation sites (tertiary alicyclic amines) is 1. The molecule has 5 rings (SSSR count). The monoisotopic (exact) mass is 576 g/mol. The predicted octanol–water partition coefficient (Wildman–Crippen LogP) is 4.17. The molecule has 10 nitrogen and oxygen atoms in total. The van der Waals surface area contributed by atoms with Crippen LogP contribution < -0.4 is 9.47 Å². The Labute approximate surface area is 237 Å². The minimum Gasteiger partial charge on any atom is -0.507 e. The van der Waals surface area contributed by atoms with Crippen LogP contribution in [0.3, 0.4) is 0 Å². The predicted molar refractivity (Wildman–Crippen MR) is 146 cm³/mol. The van der Waals surface area contributed by atoms with Crippen LogP contribution in [0.15, 0.2) is 18.2 Å². The number of nitrogens with zero attached hydrogens (tertiary/aromatic N) is 4. The van der Waals surface area contributed by atoms with Gasteiger partial charge in [0.25, 0.3) is 5.91 Å². The number of halogens is 2. The minimum absolute atomic E-state index is 0.00677. The first kappa shape index (κ1) is 28.2. The molecule has 2 fully saturated rings. The Hall–Kier alpha value is -3.31. The summed E-state index contributed by atoms with van der Waals surface area (Å²) in [6, 6.07) is 3.51. The third-order valence-corrected chi connectivity index (χ3v) is 7.75. The maximum absolute atomic E-state index is 14.9. The Kier molecular flexibility index (Phi) is 7.71. The van der Waals surface area contributed by atoms with Gasteiger partial charge in [-0.05, 0) is 59.3 Å². The van der Waals surface area contributed by atoms with Crippen LogP contribution >= 0.6 is 11.6 Å². The SMILES string of the molecule is CN1CCC[C@@H]1COc1nc(-c2c(O)cccc2F)c(Cl)c2c1C(=O)N1CCN(C(=O)OC(C)(C)C)C[C@@H]1CO2. The fraction of sp³-hybridized carbons (Fsp3) is 0.536. The number of likely N-dealkylation sites (N-methyl/N-ethyl adjacent to an activating group) is 1. The van der Waals surface area contributed by atoms with Crippen molar-refractivity contribution in [3.63, 3.8) is 0 Å². The lowest BCUT2D eigenvalue weighted by Gasteiger charge is -2.40. The maximum Gasteiger partial charge on any atom is 0.410 e. The highest BCUT2D eigenvalue weighted by Crippen LogP contribution is 2.46. The molecule has 4 heterocycles. The number of benzene rings is 1. The summed E-state index contributed by atoms with van der Waals surface area (Å²) in [5.74, 6) is -1.54. The van der Waals surface area contributed by atoms with E-state index in [1.807, 2.05) is 7.05 Å². The van der Waals surface area contributed by atoms with Gasteiger partial charge < -0.3 is 34.0 Å². The van der Waals surface area contributed by atoms with Gasteiger partial charge >= 0.3 is 6.09 Å². The number of piperazine rings is 1. The van der Waals surface area contributed by atoms with Gasteiger partial charge in [-0.25, -0.2) is 14.2 Å². The fourth-order valence-corrected chi connectivity index (χ4v) is 5.59. The molecule has 0 unspecified atom stereocenters. The lowest BCUT2D eigenvalue weighted by Crippen LogP contribution is -2.58. The van der Waals surface area contributed by atoms with Crippen LogP contribution in [0.5, 0.6) is 17.4 Å². The second-order valence-electron chi connectivity index (χ2n) is 11.4. The summed E-state index contributed by atoms with van der Waals surface area (Å²) in [7, 11) is 2.00. The number of pyridine rings is 1. The molecule has 2 amide bonds. The molecule has 1 aromatic carbocycles. The normalized spacial score (nSPS) is 21.4. The van der Waals surface area contributed by atoms with Crippen molar-refractivity contribution in [3.8, 4) is 28.6 Å². The van der Waals surface area contributed by atoms with E-state index < -0.39 is 29.5 Å². The molecule has 40 heavy (non-hydrogen) atoms. The van der Waals surface area contributed by atoms with E-state index in [0.717, 1.165) is 19.4 Å². The van der Waals surface area contributed by atoms with Crippen LogP contribution in [-0.4, -0.2) is 101 Å². The summed E-state index contributed by atoms with van der Waals surface area (Å²) in [5, 5.41) is 10.4. The molecule has 2 saturated heterocycles. The highest BCUT2D eigenvalue weighted by Gasteiger charge is 2.41. The van der Waals surface area contributed by atoms with E-state index in [4.69, 9.17) is 25.8 Å². The topological polar surface area (TPSA) is 105 Å². The van der Waals surface area contributed by atoms with E-state index in [2.05, 4.69) is 9.88 Å². The number of aromatic hydroxyl groups is 1. The van der Waals surface area contributed by atoms with Gasteiger partial charge in [0.15, 0.2) is 5.75 Å². The largest absolute Gasteiger partial charge is 0.507 e. The van der Waals surface area contributed by atoms with Gasteiger partial charge in [-0.2, -0.15) is 0 Å². The Balaban J connectivity index is 1.52. The lowest BCUT2D eigenvalue weighted by atomic mass is 10.1. The molecule has 2 atom stereocenters. The molecule has 0 radical (unpaired) electrons.